The maximum atomic E-state index is 12.4. The number of hydrogen-bond donors (Lipinski definition) is 5. The van der Waals surface area contributed by atoms with Crippen LogP contribution < -0.4 is 26.0 Å². The van der Waals surface area contributed by atoms with Crippen molar-refractivity contribution < 1.29 is 19.4 Å². The van der Waals surface area contributed by atoms with Crippen LogP contribution in [-0.2, 0) is 10.5 Å². The second-order valence-electron chi connectivity index (χ2n) is 9.85. The van der Waals surface area contributed by atoms with Crippen LogP contribution in [0.1, 0.15) is 48.3 Å². The number of methoxy groups -OCH3 is 1. The summed E-state index contributed by atoms with van der Waals surface area (Å²) in [5.41, 5.74) is 11.0. The molecule has 0 saturated carbocycles. The lowest BCUT2D eigenvalue weighted by molar-refractivity contribution is 0.0602. The molecular formula is C28H34N6O4. The first kappa shape index (κ1) is 25.6. The topological polar surface area (TPSA) is 137 Å². The quantitative estimate of drug-likeness (QED) is 0.312. The summed E-state index contributed by atoms with van der Waals surface area (Å²) >= 11 is 0. The highest BCUT2D eigenvalue weighted by Gasteiger charge is 2.37. The van der Waals surface area contributed by atoms with Crippen molar-refractivity contribution in [3.05, 3.63) is 71.5 Å². The predicted molar refractivity (Wildman–Crippen MR) is 148 cm³/mol. The normalized spacial score (nSPS) is 19.4. The predicted octanol–water partition coefficient (Wildman–Crippen LogP) is 3.60. The number of amidine groups is 1. The van der Waals surface area contributed by atoms with E-state index in [9.17, 15) is 9.90 Å². The van der Waals surface area contributed by atoms with Gasteiger partial charge < -0.3 is 35.1 Å². The van der Waals surface area contributed by atoms with Crippen LogP contribution in [0, 0.1) is 0 Å². The molecule has 200 valence electrons. The second-order valence-corrected chi connectivity index (χ2v) is 9.85. The molecule has 3 heterocycles. The average Bonchev–Trinajstić information content (AvgIpc) is 3.37. The summed E-state index contributed by atoms with van der Waals surface area (Å²) in [5.74, 6) is -0.733. The Morgan fingerprint density at radius 1 is 1.21 bits per heavy atom. The summed E-state index contributed by atoms with van der Waals surface area (Å²) in [6, 6.07) is 14.9. The van der Waals surface area contributed by atoms with Gasteiger partial charge in [-0.3, -0.25) is 5.73 Å². The molecule has 6 N–H and O–H groups in total. The summed E-state index contributed by atoms with van der Waals surface area (Å²) in [5, 5.41) is 16.6. The van der Waals surface area contributed by atoms with E-state index in [0.29, 0.717) is 34.1 Å². The lowest BCUT2D eigenvalue weighted by Gasteiger charge is -2.36. The second kappa shape index (κ2) is 10.4. The number of fused-ring (bicyclic) bond motifs is 1. The highest BCUT2D eigenvalue weighted by Crippen LogP contribution is 2.38. The third kappa shape index (κ3) is 5.05. The Bertz CT molecular complexity index is 1340. The number of carbonyl (C=O) groups is 1. The molecule has 1 unspecified atom stereocenters. The van der Waals surface area contributed by atoms with Gasteiger partial charge >= 0.3 is 5.97 Å². The van der Waals surface area contributed by atoms with Crippen LogP contribution >= 0.6 is 0 Å². The number of para-hydroxylation sites is 1. The molecule has 38 heavy (non-hydrogen) atoms. The van der Waals surface area contributed by atoms with Crippen molar-refractivity contribution in [1.82, 2.24) is 4.98 Å². The first-order valence-corrected chi connectivity index (χ1v) is 12.8. The molecule has 2 aromatic carbocycles. The van der Waals surface area contributed by atoms with Gasteiger partial charge in [0.05, 0.1) is 41.8 Å². The van der Waals surface area contributed by atoms with E-state index in [-0.39, 0.29) is 12.2 Å². The number of anilines is 3. The summed E-state index contributed by atoms with van der Waals surface area (Å²) in [6.07, 6.45) is 2.92. The molecule has 10 nitrogen and oxygen atoms in total. The van der Waals surface area contributed by atoms with E-state index in [1.165, 1.54) is 7.11 Å². The Morgan fingerprint density at radius 2 is 1.97 bits per heavy atom. The van der Waals surface area contributed by atoms with Gasteiger partial charge in [-0.05, 0) is 57.0 Å². The fourth-order valence-corrected chi connectivity index (χ4v) is 4.86. The number of benzene rings is 2. The van der Waals surface area contributed by atoms with Gasteiger partial charge in [0.2, 0.25) is 5.79 Å². The van der Waals surface area contributed by atoms with Crippen LogP contribution in [0.4, 0.5) is 17.1 Å². The zero-order chi connectivity index (χ0) is 26.9. The molecule has 0 amide bonds. The molecule has 2 aliphatic rings. The first-order chi connectivity index (χ1) is 18.3. The fraction of sp³-hybridized carbons (Fsp3) is 0.357. The van der Waals surface area contributed by atoms with E-state index >= 15 is 0 Å². The molecular weight excluding hydrogens is 484 g/mol. The molecule has 1 atom stereocenters. The highest BCUT2D eigenvalue weighted by molar-refractivity contribution is 6.13. The van der Waals surface area contributed by atoms with Crippen molar-refractivity contribution in [3.63, 3.8) is 0 Å². The fourth-order valence-electron chi connectivity index (χ4n) is 4.86. The number of esters is 1. The smallest absolute Gasteiger partial charge is 0.339 e. The lowest BCUT2D eigenvalue weighted by Crippen LogP contribution is -2.47. The number of piperidine rings is 1. The summed E-state index contributed by atoms with van der Waals surface area (Å²) < 4.78 is 11.2. The number of hydrogen-bond acceptors (Lipinski definition) is 9. The monoisotopic (exact) mass is 518 g/mol. The number of nitrogens with zero attached hydrogens (tertiary/aromatic N) is 2. The third-order valence-electron chi connectivity index (χ3n) is 6.75. The van der Waals surface area contributed by atoms with Crippen molar-refractivity contribution in [2.45, 2.75) is 44.7 Å². The maximum absolute atomic E-state index is 12.4. The van der Waals surface area contributed by atoms with Gasteiger partial charge in [0, 0.05) is 31.0 Å². The molecule has 1 fully saturated rings. The summed E-state index contributed by atoms with van der Waals surface area (Å²) in [7, 11) is 1.35. The molecule has 0 radical (unpaired) electrons. The van der Waals surface area contributed by atoms with Crippen molar-refractivity contribution in [3.8, 4) is 5.75 Å². The Labute approximate surface area is 221 Å². The van der Waals surface area contributed by atoms with E-state index in [4.69, 9.17) is 20.2 Å². The van der Waals surface area contributed by atoms with Crippen LogP contribution in [0.15, 0.2) is 59.7 Å². The molecule has 1 aromatic heterocycles. The van der Waals surface area contributed by atoms with Gasteiger partial charge in [0.15, 0.2) is 5.84 Å². The number of aliphatic hydroxyl groups excluding tert-OH is 1. The SMILES string of the molecule is COC(=O)c1ccccc1NC1=NC(N)(c2ccc(N3CCC(O)CC3)cc2OC(C)C)Nc2cc[nH]c21. The Balaban J connectivity index is 1.55. The van der Waals surface area contributed by atoms with Gasteiger partial charge in [-0.1, -0.05) is 12.1 Å². The molecule has 2 aliphatic heterocycles. The van der Waals surface area contributed by atoms with E-state index in [1.807, 2.05) is 44.2 Å². The highest BCUT2D eigenvalue weighted by atomic mass is 16.5. The van der Waals surface area contributed by atoms with Crippen LogP contribution in [0.2, 0.25) is 0 Å². The van der Waals surface area contributed by atoms with E-state index in [2.05, 4.69) is 20.5 Å². The number of carbonyl (C=O) groups excluding carboxylic acids is 1. The number of nitrogens with one attached hydrogen (secondary N) is 3. The van der Waals surface area contributed by atoms with E-state index in [0.717, 1.165) is 37.3 Å². The molecule has 0 spiro atoms. The van der Waals surface area contributed by atoms with Crippen molar-refractivity contribution in [2.24, 2.45) is 10.7 Å². The van der Waals surface area contributed by atoms with E-state index in [1.54, 1.807) is 24.4 Å². The molecule has 0 bridgehead atoms. The molecule has 1 saturated heterocycles. The Kier molecular flexibility index (Phi) is 7.00. The Hall–Kier alpha value is -4.02. The maximum Gasteiger partial charge on any atom is 0.339 e. The minimum atomic E-state index is -1.36. The first-order valence-electron chi connectivity index (χ1n) is 12.8. The van der Waals surface area contributed by atoms with Gasteiger partial charge in [0.25, 0.3) is 0 Å². The van der Waals surface area contributed by atoms with Gasteiger partial charge in [-0.15, -0.1) is 0 Å². The number of ether oxygens (including phenoxy) is 2. The van der Waals surface area contributed by atoms with Crippen LogP contribution in [0.3, 0.4) is 0 Å². The van der Waals surface area contributed by atoms with Crippen LogP contribution in [-0.4, -0.2) is 54.3 Å². The zero-order valence-corrected chi connectivity index (χ0v) is 21.8. The molecule has 5 rings (SSSR count). The lowest BCUT2D eigenvalue weighted by atomic mass is 10.0. The standard InChI is InChI=1S/C28H34N6O4/c1-17(2)38-24-16-18(34-14-11-19(35)12-15-34)8-9-21(24)28(29)32-23-10-13-30-25(23)26(33-28)31-22-7-5-4-6-20(22)27(36)37-3/h4-10,13,16-17,19,30,32,35H,11-12,14-15,29H2,1-3H3,(H,31,33). The number of rotatable bonds is 6. The molecule has 0 aliphatic carbocycles. The number of aromatic nitrogens is 1. The average molecular weight is 519 g/mol. The van der Waals surface area contributed by atoms with Crippen molar-refractivity contribution in [1.29, 1.82) is 0 Å². The van der Waals surface area contributed by atoms with Gasteiger partial charge in [-0.25, -0.2) is 9.79 Å². The summed E-state index contributed by atoms with van der Waals surface area (Å²) in [4.78, 5) is 22.7. The largest absolute Gasteiger partial charge is 0.490 e. The zero-order valence-electron chi connectivity index (χ0n) is 21.8. The third-order valence-corrected chi connectivity index (χ3v) is 6.75. The minimum absolute atomic E-state index is 0.0873. The van der Waals surface area contributed by atoms with Crippen LogP contribution in [0.25, 0.3) is 0 Å². The summed E-state index contributed by atoms with van der Waals surface area (Å²) in [6.45, 7) is 5.48. The molecule has 10 heteroatoms. The van der Waals surface area contributed by atoms with Crippen molar-refractivity contribution >= 4 is 28.9 Å². The van der Waals surface area contributed by atoms with Crippen LogP contribution in [0.5, 0.6) is 5.75 Å². The molecule has 3 aromatic rings. The van der Waals surface area contributed by atoms with Gasteiger partial charge in [0.1, 0.15) is 11.4 Å². The number of aliphatic hydroxyl groups is 1. The van der Waals surface area contributed by atoms with Crippen molar-refractivity contribution in [2.75, 3.05) is 35.7 Å². The minimum Gasteiger partial charge on any atom is -0.490 e. The van der Waals surface area contributed by atoms with Gasteiger partial charge in [-0.2, -0.15) is 0 Å². The number of aliphatic imine (C=N–C) groups is 1. The Morgan fingerprint density at radius 3 is 2.71 bits per heavy atom. The number of nitrogens with two attached hydrogens (primary N) is 1. The number of aromatic amines is 1. The number of H-pyrrole nitrogens is 1. The van der Waals surface area contributed by atoms with E-state index < -0.39 is 11.8 Å².